The van der Waals surface area contributed by atoms with Crippen LogP contribution in [0.2, 0.25) is 5.02 Å². The maximum absolute atomic E-state index is 13.1. The quantitative estimate of drug-likeness (QED) is 0.663. The van der Waals surface area contributed by atoms with Crippen LogP contribution < -0.4 is 10.1 Å². The molecule has 0 aromatic heterocycles. The van der Waals surface area contributed by atoms with E-state index in [1.165, 1.54) is 0 Å². The molecule has 29 heavy (non-hydrogen) atoms. The number of likely N-dealkylation sites (N-methyl/N-ethyl adjacent to an activating group) is 1. The topological polar surface area (TPSA) is 58.6 Å². The molecule has 0 radical (unpaired) electrons. The Hall–Kier alpha value is -2.53. The Morgan fingerprint density at radius 3 is 2.24 bits per heavy atom. The minimum Gasteiger partial charge on any atom is -0.484 e. The number of halogens is 1. The van der Waals surface area contributed by atoms with Gasteiger partial charge in [-0.25, -0.2) is 0 Å². The predicted molar refractivity (Wildman–Crippen MR) is 116 cm³/mol. The van der Waals surface area contributed by atoms with E-state index in [1.54, 1.807) is 17.0 Å². The zero-order valence-electron chi connectivity index (χ0n) is 17.5. The Labute approximate surface area is 178 Å². The molecule has 2 amide bonds. The summed E-state index contributed by atoms with van der Waals surface area (Å²) in [5.41, 5.74) is 3.04. The predicted octanol–water partition coefficient (Wildman–Crippen LogP) is 4.28. The standard InChI is InChI=1S/C23H29ClN2O3/c1-5-21(23(28)25-6-2)26(14-18-7-9-19(24)10-8-18)22(27)15-29-20-12-16(3)11-17(4)13-20/h7-13,21H,5-6,14-15H2,1-4H3,(H,25,28)/t21-/m0/s1. The number of hydrogen-bond donors (Lipinski definition) is 1. The third-order valence-corrected chi connectivity index (χ3v) is 4.81. The van der Waals surface area contributed by atoms with E-state index >= 15 is 0 Å². The van der Waals surface area contributed by atoms with Gasteiger partial charge in [-0.2, -0.15) is 0 Å². The molecule has 0 saturated heterocycles. The third-order valence-electron chi connectivity index (χ3n) is 4.56. The monoisotopic (exact) mass is 416 g/mol. The van der Waals surface area contributed by atoms with E-state index < -0.39 is 6.04 Å². The molecule has 2 aromatic carbocycles. The van der Waals surface area contributed by atoms with Crippen LogP contribution in [0.5, 0.6) is 5.75 Å². The third kappa shape index (κ3) is 6.79. The summed E-state index contributed by atoms with van der Waals surface area (Å²) in [6.45, 7) is 8.41. The van der Waals surface area contributed by atoms with Gasteiger partial charge in [0.2, 0.25) is 5.91 Å². The number of rotatable bonds is 9. The summed E-state index contributed by atoms with van der Waals surface area (Å²) in [7, 11) is 0. The second-order valence-corrected chi connectivity index (χ2v) is 7.52. The molecule has 0 saturated carbocycles. The maximum atomic E-state index is 13.1. The lowest BCUT2D eigenvalue weighted by Gasteiger charge is -2.30. The number of hydrogen-bond acceptors (Lipinski definition) is 3. The Morgan fingerprint density at radius 1 is 1.07 bits per heavy atom. The molecule has 0 aliphatic heterocycles. The second kappa shape index (κ2) is 10.9. The highest BCUT2D eigenvalue weighted by atomic mass is 35.5. The Kier molecular flexibility index (Phi) is 8.52. The summed E-state index contributed by atoms with van der Waals surface area (Å²) in [4.78, 5) is 27.2. The van der Waals surface area contributed by atoms with Gasteiger partial charge < -0.3 is 15.0 Å². The van der Waals surface area contributed by atoms with Crippen molar-refractivity contribution in [2.45, 2.75) is 46.7 Å². The van der Waals surface area contributed by atoms with Crippen LogP contribution in [0.3, 0.4) is 0 Å². The number of carbonyl (C=O) groups excluding carboxylic acids is 2. The van der Waals surface area contributed by atoms with E-state index in [0.717, 1.165) is 16.7 Å². The van der Waals surface area contributed by atoms with Crippen LogP contribution in [0.15, 0.2) is 42.5 Å². The molecule has 0 unspecified atom stereocenters. The van der Waals surface area contributed by atoms with Crippen LogP contribution in [0.25, 0.3) is 0 Å². The van der Waals surface area contributed by atoms with Crippen LogP contribution in [0, 0.1) is 13.8 Å². The number of aryl methyl sites for hydroxylation is 2. The highest BCUT2D eigenvalue weighted by Crippen LogP contribution is 2.18. The van der Waals surface area contributed by atoms with Crippen LogP contribution in [-0.4, -0.2) is 35.9 Å². The molecule has 0 heterocycles. The van der Waals surface area contributed by atoms with Gasteiger partial charge in [0.15, 0.2) is 6.61 Å². The largest absolute Gasteiger partial charge is 0.484 e. The van der Waals surface area contributed by atoms with E-state index in [2.05, 4.69) is 5.32 Å². The van der Waals surface area contributed by atoms with Crippen molar-refractivity contribution >= 4 is 23.4 Å². The first kappa shape index (κ1) is 22.8. The molecule has 2 aromatic rings. The van der Waals surface area contributed by atoms with Gasteiger partial charge in [-0.1, -0.05) is 36.7 Å². The molecule has 1 N–H and O–H groups in total. The molecule has 0 aliphatic rings. The zero-order chi connectivity index (χ0) is 21.4. The van der Waals surface area contributed by atoms with Crippen molar-refractivity contribution in [2.24, 2.45) is 0 Å². The van der Waals surface area contributed by atoms with Gasteiger partial charge in [0, 0.05) is 18.1 Å². The number of benzene rings is 2. The van der Waals surface area contributed by atoms with Gasteiger partial charge in [0.05, 0.1) is 0 Å². The van der Waals surface area contributed by atoms with E-state index in [-0.39, 0.29) is 18.4 Å². The molecule has 0 spiro atoms. The minimum atomic E-state index is -0.569. The number of amides is 2. The van der Waals surface area contributed by atoms with Crippen LogP contribution in [-0.2, 0) is 16.1 Å². The Balaban J connectivity index is 2.20. The van der Waals surface area contributed by atoms with Crippen molar-refractivity contribution in [2.75, 3.05) is 13.2 Å². The summed E-state index contributed by atoms with van der Waals surface area (Å²) < 4.78 is 5.76. The second-order valence-electron chi connectivity index (χ2n) is 7.08. The molecule has 1 atom stereocenters. The number of nitrogens with one attached hydrogen (secondary N) is 1. The molecule has 0 bridgehead atoms. The van der Waals surface area contributed by atoms with Crippen molar-refractivity contribution in [1.29, 1.82) is 0 Å². The van der Waals surface area contributed by atoms with E-state index in [1.807, 2.05) is 58.0 Å². The van der Waals surface area contributed by atoms with Crippen molar-refractivity contribution in [3.63, 3.8) is 0 Å². The average molecular weight is 417 g/mol. The molecular weight excluding hydrogens is 388 g/mol. The van der Waals surface area contributed by atoms with Crippen molar-refractivity contribution in [3.8, 4) is 5.75 Å². The van der Waals surface area contributed by atoms with Crippen molar-refractivity contribution in [3.05, 3.63) is 64.2 Å². The normalized spacial score (nSPS) is 11.6. The van der Waals surface area contributed by atoms with Crippen LogP contribution in [0.1, 0.15) is 37.0 Å². The first-order valence-electron chi connectivity index (χ1n) is 9.86. The summed E-state index contributed by atoms with van der Waals surface area (Å²) in [6.07, 6.45) is 0.509. The Morgan fingerprint density at radius 2 is 1.69 bits per heavy atom. The zero-order valence-corrected chi connectivity index (χ0v) is 18.3. The lowest BCUT2D eigenvalue weighted by molar-refractivity contribution is -0.142. The van der Waals surface area contributed by atoms with Gasteiger partial charge in [-0.05, 0) is 68.1 Å². The summed E-state index contributed by atoms with van der Waals surface area (Å²) in [5.74, 6) is 0.245. The average Bonchev–Trinajstić information content (AvgIpc) is 2.67. The summed E-state index contributed by atoms with van der Waals surface area (Å²) in [6, 6.07) is 12.5. The fourth-order valence-corrected chi connectivity index (χ4v) is 3.37. The maximum Gasteiger partial charge on any atom is 0.261 e. The minimum absolute atomic E-state index is 0.133. The molecular formula is C23H29ClN2O3. The first-order chi connectivity index (χ1) is 13.8. The molecule has 6 heteroatoms. The fraction of sp³-hybridized carbons (Fsp3) is 0.391. The Bertz CT molecular complexity index is 816. The highest BCUT2D eigenvalue weighted by molar-refractivity contribution is 6.30. The van der Waals surface area contributed by atoms with Gasteiger partial charge in [0.1, 0.15) is 11.8 Å². The van der Waals surface area contributed by atoms with E-state index in [4.69, 9.17) is 16.3 Å². The first-order valence-corrected chi connectivity index (χ1v) is 10.2. The highest BCUT2D eigenvalue weighted by Gasteiger charge is 2.28. The van der Waals surface area contributed by atoms with Gasteiger partial charge >= 0.3 is 0 Å². The molecule has 5 nitrogen and oxygen atoms in total. The number of ether oxygens (including phenoxy) is 1. The SMILES string of the molecule is CCNC(=O)[C@H](CC)N(Cc1ccc(Cl)cc1)C(=O)COc1cc(C)cc(C)c1. The van der Waals surface area contributed by atoms with Gasteiger partial charge in [-0.15, -0.1) is 0 Å². The van der Waals surface area contributed by atoms with Crippen LogP contribution >= 0.6 is 11.6 Å². The van der Waals surface area contributed by atoms with Gasteiger partial charge in [-0.3, -0.25) is 9.59 Å². The van der Waals surface area contributed by atoms with Crippen molar-refractivity contribution < 1.29 is 14.3 Å². The molecule has 156 valence electrons. The molecule has 2 rings (SSSR count). The molecule has 0 aliphatic carbocycles. The molecule has 0 fully saturated rings. The summed E-state index contributed by atoms with van der Waals surface area (Å²) in [5, 5.41) is 3.45. The summed E-state index contributed by atoms with van der Waals surface area (Å²) >= 11 is 5.97. The fourth-order valence-electron chi connectivity index (χ4n) is 3.24. The lowest BCUT2D eigenvalue weighted by atomic mass is 10.1. The number of nitrogens with zero attached hydrogens (tertiary/aromatic N) is 1. The lowest BCUT2D eigenvalue weighted by Crippen LogP contribution is -2.50. The van der Waals surface area contributed by atoms with E-state index in [9.17, 15) is 9.59 Å². The smallest absolute Gasteiger partial charge is 0.261 e. The van der Waals surface area contributed by atoms with Crippen LogP contribution in [0.4, 0.5) is 0 Å². The van der Waals surface area contributed by atoms with Crippen molar-refractivity contribution in [1.82, 2.24) is 10.2 Å². The van der Waals surface area contributed by atoms with Gasteiger partial charge in [0.25, 0.3) is 5.91 Å². The van der Waals surface area contributed by atoms with E-state index in [0.29, 0.717) is 30.3 Å². The number of carbonyl (C=O) groups is 2.